The van der Waals surface area contributed by atoms with Crippen molar-refractivity contribution in [1.82, 2.24) is 4.90 Å². The highest BCUT2D eigenvalue weighted by atomic mass is 16.5. The van der Waals surface area contributed by atoms with Crippen molar-refractivity contribution >= 4 is 11.8 Å². The zero-order chi connectivity index (χ0) is 17.5. The molecule has 0 saturated heterocycles. The van der Waals surface area contributed by atoms with Gasteiger partial charge in [-0.3, -0.25) is 9.59 Å². The van der Waals surface area contributed by atoms with E-state index in [4.69, 9.17) is 15.7 Å². The van der Waals surface area contributed by atoms with Crippen LogP contribution in [-0.4, -0.2) is 30.4 Å². The Kier molecular flexibility index (Phi) is 5.53. The molecule has 0 aliphatic rings. The van der Waals surface area contributed by atoms with Gasteiger partial charge in [0.25, 0.3) is 11.8 Å². The van der Waals surface area contributed by atoms with Crippen LogP contribution in [0.5, 0.6) is 5.75 Å². The largest absolute Gasteiger partial charge is 0.484 e. The number of hydrogen-bond donors (Lipinski definition) is 1. The van der Waals surface area contributed by atoms with Gasteiger partial charge >= 0.3 is 0 Å². The number of ether oxygens (including phenoxy) is 1. The molecule has 0 heterocycles. The molecule has 0 unspecified atom stereocenters. The standard InChI is InChI=1S/C18H17N3O3/c1-21(11-14-5-2-4-13(8-14)10-19)18(23)15-6-3-7-16(9-15)24-12-17(20)22/h2-9H,11-12H2,1H3,(H2,20,22). The van der Waals surface area contributed by atoms with Gasteiger partial charge in [0.15, 0.2) is 6.61 Å². The Morgan fingerprint density at radius 3 is 2.67 bits per heavy atom. The average molecular weight is 323 g/mol. The normalized spacial score (nSPS) is 9.83. The third kappa shape index (κ3) is 4.58. The highest BCUT2D eigenvalue weighted by Gasteiger charge is 2.13. The Balaban J connectivity index is 2.08. The Bertz CT molecular complexity index is 796. The van der Waals surface area contributed by atoms with Crippen LogP contribution in [0.25, 0.3) is 0 Å². The van der Waals surface area contributed by atoms with Gasteiger partial charge in [0.05, 0.1) is 11.6 Å². The van der Waals surface area contributed by atoms with Crippen LogP contribution in [-0.2, 0) is 11.3 Å². The quantitative estimate of drug-likeness (QED) is 0.875. The number of carbonyl (C=O) groups excluding carboxylic acids is 2. The van der Waals surface area contributed by atoms with Crippen molar-refractivity contribution in [3.8, 4) is 11.8 Å². The predicted octanol–water partition coefficient (Wildman–Crippen LogP) is 1.69. The lowest BCUT2D eigenvalue weighted by Crippen LogP contribution is -2.26. The fourth-order valence-electron chi connectivity index (χ4n) is 2.18. The number of nitrogens with zero attached hydrogens (tertiary/aromatic N) is 2. The van der Waals surface area contributed by atoms with Crippen molar-refractivity contribution in [2.75, 3.05) is 13.7 Å². The number of amides is 2. The Morgan fingerprint density at radius 2 is 1.96 bits per heavy atom. The van der Waals surface area contributed by atoms with E-state index in [1.807, 2.05) is 6.07 Å². The Morgan fingerprint density at radius 1 is 1.21 bits per heavy atom. The second kappa shape index (κ2) is 7.79. The lowest BCUT2D eigenvalue weighted by atomic mass is 10.1. The van der Waals surface area contributed by atoms with Crippen LogP contribution in [0.3, 0.4) is 0 Å². The summed E-state index contributed by atoms with van der Waals surface area (Å²) in [4.78, 5) is 24.8. The molecule has 0 fully saturated rings. The van der Waals surface area contributed by atoms with Gasteiger partial charge in [0, 0.05) is 19.2 Å². The second-order valence-electron chi connectivity index (χ2n) is 5.26. The van der Waals surface area contributed by atoms with Crippen LogP contribution in [0.1, 0.15) is 21.5 Å². The molecule has 2 aromatic carbocycles. The van der Waals surface area contributed by atoms with Crippen LogP contribution in [0.4, 0.5) is 0 Å². The summed E-state index contributed by atoms with van der Waals surface area (Å²) >= 11 is 0. The van der Waals surface area contributed by atoms with Gasteiger partial charge in [-0.1, -0.05) is 18.2 Å². The Labute approximate surface area is 140 Å². The van der Waals surface area contributed by atoms with Crippen LogP contribution < -0.4 is 10.5 Å². The summed E-state index contributed by atoms with van der Waals surface area (Å²) in [7, 11) is 1.68. The molecule has 0 spiro atoms. The van der Waals surface area contributed by atoms with Gasteiger partial charge in [-0.15, -0.1) is 0 Å². The van der Waals surface area contributed by atoms with Crippen LogP contribution >= 0.6 is 0 Å². The van der Waals surface area contributed by atoms with E-state index in [9.17, 15) is 9.59 Å². The Hall–Kier alpha value is -3.33. The molecule has 6 heteroatoms. The fraction of sp³-hybridized carbons (Fsp3) is 0.167. The van der Waals surface area contributed by atoms with Crippen LogP contribution in [0.15, 0.2) is 48.5 Å². The number of nitriles is 1. The van der Waals surface area contributed by atoms with Crippen molar-refractivity contribution in [2.24, 2.45) is 5.73 Å². The van der Waals surface area contributed by atoms with E-state index in [1.165, 1.54) is 0 Å². The van der Waals surface area contributed by atoms with E-state index >= 15 is 0 Å². The molecular formula is C18H17N3O3. The van der Waals surface area contributed by atoms with Crippen LogP contribution in [0.2, 0.25) is 0 Å². The first-order valence-electron chi connectivity index (χ1n) is 7.25. The maximum absolute atomic E-state index is 12.5. The molecule has 122 valence electrons. The molecule has 0 saturated carbocycles. The van der Waals surface area contributed by atoms with Crippen molar-refractivity contribution in [3.05, 3.63) is 65.2 Å². The summed E-state index contributed by atoms with van der Waals surface area (Å²) in [5.41, 5.74) is 6.89. The molecule has 6 nitrogen and oxygen atoms in total. The lowest BCUT2D eigenvalue weighted by molar-refractivity contribution is -0.119. The topological polar surface area (TPSA) is 96.4 Å². The zero-order valence-electron chi connectivity index (χ0n) is 13.2. The predicted molar refractivity (Wildman–Crippen MR) is 88.1 cm³/mol. The number of primary amides is 1. The van der Waals surface area contributed by atoms with E-state index in [1.54, 1.807) is 54.4 Å². The van der Waals surface area contributed by atoms with E-state index in [0.29, 0.717) is 23.4 Å². The van der Waals surface area contributed by atoms with Gasteiger partial charge in [0.1, 0.15) is 5.75 Å². The molecule has 0 bridgehead atoms. The van der Waals surface area contributed by atoms with E-state index < -0.39 is 5.91 Å². The number of nitrogens with two attached hydrogens (primary N) is 1. The summed E-state index contributed by atoms with van der Waals surface area (Å²) in [6.07, 6.45) is 0. The maximum atomic E-state index is 12.5. The molecule has 2 N–H and O–H groups in total. The first-order valence-corrected chi connectivity index (χ1v) is 7.25. The summed E-state index contributed by atoms with van der Waals surface area (Å²) in [6.45, 7) is 0.134. The minimum Gasteiger partial charge on any atom is -0.484 e. The molecule has 2 aromatic rings. The van der Waals surface area contributed by atoms with E-state index in [-0.39, 0.29) is 12.5 Å². The monoisotopic (exact) mass is 323 g/mol. The molecule has 0 aromatic heterocycles. The summed E-state index contributed by atoms with van der Waals surface area (Å²) < 4.78 is 5.21. The van der Waals surface area contributed by atoms with E-state index in [0.717, 1.165) is 5.56 Å². The number of rotatable bonds is 6. The highest BCUT2D eigenvalue weighted by molar-refractivity contribution is 5.94. The molecule has 0 aliphatic heterocycles. The minimum absolute atomic E-state index is 0.193. The van der Waals surface area contributed by atoms with Crippen molar-refractivity contribution in [3.63, 3.8) is 0 Å². The van der Waals surface area contributed by atoms with Crippen molar-refractivity contribution in [2.45, 2.75) is 6.54 Å². The SMILES string of the molecule is CN(Cc1cccc(C#N)c1)C(=O)c1cccc(OCC(N)=O)c1. The van der Waals surface area contributed by atoms with Gasteiger partial charge in [-0.2, -0.15) is 5.26 Å². The average Bonchev–Trinajstić information content (AvgIpc) is 2.59. The smallest absolute Gasteiger partial charge is 0.255 e. The van der Waals surface area contributed by atoms with Crippen LogP contribution in [0, 0.1) is 11.3 Å². The minimum atomic E-state index is -0.582. The third-order valence-electron chi connectivity index (χ3n) is 3.28. The van der Waals surface area contributed by atoms with Crippen molar-refractivity contribution in [1.29, 1.82) is 5.26 Å². The molecular weight excluding hydrogens is 306 g/mol. The molecule has 2 amide bonds. The maximum Gasteiger partial charge on any atom is 0.255 e. The van der Waals surface area contributed by atoms with E-state index in [2.05, 4.69) is 6.07 Å². The number of hydrogen-bond acceptors (Lipinski definition) is 4. The first-order chi connectivity index (χ1) is 11.5. The van der Waals surface area contributed by atoms with Crippen molar-refractivity contribution < 1.29 is 14.3 Å². The number of carbonyl (C=O) groups is 2. The summed E-state index contributed by atoms with van der Waals surface area (Å²) in [6, 6.07) is 15.7. The molecule has 0 radical (unpaired) electrons. The fourth-order valence-corrected chi connectivity index (χ4v) is 2.18. The third-order valence-corrected chi connectivity index (χ3v) is 3.28. The highest BCUT2D eigenvalue weighted by Crippen LogP contribution is 2.16. The lowest BCUT2D eigenvalue weighted by Gasteiger charge is -2.18. The van der Waals surface area contributed by atoms with Gasteiger partial charge in [0.2, 0.25) is 0 Å². The molecule has 2 rings (SSSR count). The van der Waals surface area contributed by atoms with Gasteiger partial charge in [-0.05, 0) is 35.9 Å². The second-order valence-corrected chi connectivity index (χ2v) is 5.26. The summed E-state index contributed by atoms with van der Waals surface area (Å²) in [5, 5.41) is 8.93. The molecule has 0 atom stereocenters. The summed E-state index contributed by atoms with van der Waals surface area (Å²) in [5.74, 6) is -0.373. The number of benzene rings is 2. The molecule has 0 aliphatic carbocycles. The first kappa shape index (κ1) is 17.0. The molecule has 24 heavy (non-hydrogen) atoms. The zero-order valence-corrected chi connectivity index (χ0v) is 13.2. The van der Waals surface area contributed by atoms with Gasteiger partial charge < -0.3 is 15.4 Å². The van der Waals surface area contributed by atoms with Gasteiger partial charge in [-0.25, -0.2) is 0 Å².